The molecule has 2 aliphatic rings. The molecular formula is C17H19N5O3. The highest BCUT2D eigenvalue weighted by Crippen LogP contribution is 2.32. The van der Waals surface area contributed by atoms with Crippen LogP contribution in [0.3, 0.4) is 0 Å². The van der Waals surface area contributed by atoms with Gasteiger partial charge < -0.3 is 14.8 Å². The second-order valence-electron chi connectivity index (χ2n) is 5.79. The molecule has 0 atom stereocenters. The third-order valence-corrected chi connectivity index (χ3v) is 4.14. The van der Waals surface area contributed by atoms with Crippen LogP contribution in [0.25, 0.3) is 0 Å². The molecule has 1 amide bonds. The standard InChI is InChI=1S/C17H19N5O3/c23-17(13-4-2-12(3-5-13)16-19-21-22-20-16)18-8-7-11-1-6-14-15(9-11)25-10-24-14/h1-6,9,16,19-22H,7-8,10H2,(H,18,23). The van der Waals surface area contributed by atoms with E-state index in [-0.39, 0.29) is 18.9 Å². The second kappa shape index (κ2) is 7.08. The van der Waals surface area contributed by atoms with Crippen LogP contribution < -0.4 is 36.7 Å². The first-order valence-electron chi connectivity index (χ1n) is 8.07. The van der Waals surface area contributed by atoms with Gasteiger partial charge in [0.1, 0.15) is 6.17 Å². The van der Waals surface area contributed by atoms with E-state index in [1.165, 1.54) is 0 Å². The number of hydrogen-bond acceptors (Lipinski definition) is 7. The molecule has 0 aliphatic carbocycles. The Morgan fingerprint density at radius 1 is 1.04 bits per heavy atom. The Hall–Kier alpha value is -2.65. The van der Waals surface area contributed by atoms with Crippen molar-refractivity contribution in [2.24, 2.45) is 0 Å². The topological polar surface area (TPSA) is 95.7 Å². The molecular weight excluding hydrogens is 322 g/mol. The average molecular weight is 341 g/mol. The minimum Gasteiger partial charge on any atom is -0.454 e. The molecule has 8 nitrogen and oxygen atoms in total. The molecule has 1 saturated heterocycles. The molecule has 2 heterocycles. The molecule has 25 heavy (non-hydrogen) atoms. The van der Waals surface area contributed by atoms with Gasteiger partial charge in [-0.1, -0.05) is 18.2 Å². The van der Waals surface area contributed by atoms with Gasteiger partial charge in [0.05, 0.1) is 0 Å². The van der Waals surface area contributed by atoms with Gasteiger partial charge in [-0.15, -0.1) is 0 Å². The van der Waals surface area contributed by atoms with Gasteiger partial charge in [0.15, 0.2) is 11.5 Å². The molecule has 0 aromatic heterocycles. The number of rotatable bonds is 5. The first kappa shape index (κ1) is 15.9. The van der Waals surface area contributed by atoms with Crippen molar-refractivity contribution in [2.75, 3.05) is 13.3 Å². The Kier molecular flexibility index (Phi) is 4.49. The van der Waals surface area contributed by atoms with Gasteiger partial charge in [-0.05, 0) is 41.8 Å². The number of hydrazine groups is 3. The highest BCUT2D eigenvalue weighted by atomic mass is 16.7. The maximum absolute atomic E-state index is 12.2. The lowest BCUT2D eigenvalue weighted by Gasteiger charge is -2.10. The molecule has 0 unspecified atom stereocenters. The highest BCUT2D eigenvalue weighted by molar-refractivity contribution is 5.94. The predicted molar refractivity (Wildman–Crippen MR) is 90.3 cm³/mol. The molecule has 0 spiro atoms. The molecule has 2 aromatic rings. The maximum Gasteiger partial charge on any atom is 0.251 e. The first-order valence-corrected chi connectivity index (χ1v) is 8.07. The summed E-state index contributed by atoms with van der Waals surface area (Å²) in [6.45, 7) is 0.823. The predicted octanol–water partition coefficient (Wildman–Crippen LogP) is 0.503. The zero-order valence-electron chi connectivity index (χ0n) is 13.5. The monoisotopic (exact) mass is 341 g/mol. The first-order chi connectivity index (χ1) is 12.3. The highest BCUT2D eigenvalue weighted by Gasteiger charge is 2.15. The van der Waals surface area contributed by atoms with Gasteiger partial charge in [-0.25, -0.2) is 10.9 Å². The van der Waals surface area contributed by atoms with Crippen LogP contribution in [0.5, 0.6) is 11.5 Å². The Labute approximate surface area is 144 Å². The number of benzene rings is 2. The third-order valence-electron chi connectivity index (χ3n) is 4.14. The van der Waals surface area contributed by atoms with Gasteiger partial charge in [-0.2, -0.15) is 11.1 Å². The largest absolute Gasteiger partial charge is 0.454 e. The number of carbonyl (C=O) groups is 1. The maximum atomic E-state index is 12.2. The van der Waals surface area contributed by atoms with Crippen LogP contribution in [-0.4, -0.2) is 19.2 Å². The summed E-state index contributed by atoms with van der Waals surface area (Å²) in [5.74, 6) is 1.44. The third kappa shape index (κ3) is 3.57. The van der Waals surface area contributed by atoms with Crippen LogP contribution in [0.1, 0.15) is 27.7 Å². The summed E-state index contributed by atoms with van der Waals surface area (Å²) in [6, 6.07) is 13.3. The lowest BCUT2D eigenvalue weighted by atomic mass is 10.1. The second-order valence-corrected chi connectivity index (χ2v) is 5.79. The fraction of sp³-hybridized carbons (Fsp3) is 0.235. The van der Waals surface area contributed by atoms with Gasteiger partial charge in [0.2, 0.25) is 6.79 Å². The van der Waals surface area contributed by atoms with Crippen molar-refractivity contribution in [3.8, 4) is 11.5 Å². The fourth-order valence-electron chi connectivity index (χ4n) is 2.77. The smallest absolute Gasteiger partial charge is 0.251 e. The van der Waals surface area contributed by atoms with Gasteiger partial charge in [0, 0.05) is 12.1 Å². The average Bonchev–Trinajstić information content (AvgIpc) is 3.33. The summed E-state index contributed by atoms with van der Waals surface area (Å²) in [4.78, 5) is 12.2. The van der Waals surface area contributed by atoms with E-state index in [9.17, 15) is 4.79 Å². The van der Waals surface area contributed by atoms with Crippen LogP contribution in [0.15, 0.2) is 42.5 Å². The Balaban J connectivity index is 1.30. The summed E-state index contributed by atoms with van der Waals surface area (Å²) in [6.07, 6.45) is 0.691. The Morgan fingerprint density at radius 3 is 2.60 bits per heavy atom. The number of nitrogens with one attached hydrogen (secondary N) is 5. The number of ether oxygens (including phenoxy) is 2. The van der Waals surface area contributed by atoms with E-state index in [2.05, 4.69) is 27.2 Å². The van der Waals surface area contributed by atoms with Crippen molar-refractivity contribution in [3.63, 3.8) is 0 Å². The van der Waals surface area contributed by atoms with Crippen molar-refractivity contribution >= 4 is 5.91 Å². The molecule has 5 N–H and O–H groups in total. The lowest BCUT2D eigenvalue weighted by molar-refractivity contribution is 0.0954. The van der Waals surface area contributed by atoms with Crippen molar-refractivity contribution in [3.05, 3.63) is 59.2 Å². The van der Waals surface area contributed by atoms with Crippen molar-refractivity contribution in [1.29, 1.82) is 0 Å². The minimum atomic E-state index is -0.0871. The number of carbonyl (C=O) groups excluding carboxylic acids is 1. The van der Waals surface area contributed by atoms with Gasteiger partial charge in [-0.3, -0.25) is 4.79 Å². The molecule has 2 aliphatic heterocycles. The van der Waals surface area contributed by atoms with E-state index in [0.29, 0.717) is 12.1 Å². The molecule has 0 radical (unpaired) electrons. The zero-order chi connectivity index (χ0) is 17.1. The van der Waals surface area contributed by atoms with Crippen LogP contribution in [0.2, 0.25) is 0 Å². The Bertz CT molecular complexity index is 759. The van der Waals surface area contributed by atoms with Crippen LogP contribution in [0, 0.1) is 0 Å². The summed E-state index contributed by atoms with van der Waals surface area (Å²) in [7, 11) is 0. The van der Waals surface area contributed by atoms with Crippen LogP contribution in [-0.2, 0) is 6.42 Å². The SMILES string of the molecule is O=C(NCCc1ccc2c(c1)OCO2)c1ccc(C2NNNN2)cc1. The van der Waals surface area contributed by atoms with E-state index in [1.807, 2.05) is 42.5 Å². The molecule has 0 saturated carbocycles. The molecule has 2 aromatic carbocycles. The van der Waals surface area contributed by atoms with Crippen molar-refractivity contribution in [1.82, 2.24) is 27.2 Å². The van der Waals surface area contributed by atoms with Gasteiger partial charge >= 0.3 is 0 Å². The summed E-state index contributed by atoms with van der Waals surface area (Å²) >= 11 is 0. The van der Waals surface area contributed by atoms with E-state index in [4.69, 9.17) is 9.47 Å². The van der Waals surface area contributed by atoms with Crippen molar-refractivity contribution in [2.45, 2.75) is 12.6 Å². The summed E-state index contributed by atoms with van der Waals surface area (Å²) < 4.78 is 10.7. The molecule has 8 heteroatoms. The zero-order valence-corrected chi connectivity index (χ0v) is 13.5. The summed E-state index contributed by atoms with van der Waals surface area (Å²) in [5, 5.41) is 2.94. The number of fused-ring (bicyclic) bond motifs is 1. The van der Waals surface area contributed by atoms with E-state index in [1.54, 1.807) is 0 Å². The van der Waals surface area contributed by atoms with E-state index >= 15 is 0 Å². The molecule has 4 rings (SSSR count). The van der Waals surface area contributed by atoms with E-state index < -0.39 is 0 Å². The number of hydrogen-bond donors (Lipinski definition) is 5. The molecule has 0 bridgehead atoms. The quantitative estimate of drug-likeness (QED) is 0.541. The van der Waals surface area contributed by atoms with Crippen LogP contribution in [0.4, 0.5) is 0 Å². The van der Waals surface area contributed by atoms with Crippen molar-refractivity contribution < 1.29 is 14.3 Å². The van der Waals surface area contributed by atoms with Gasteiger partial charge in [0.25, 0.3) is 5.91 Å². The molecule has 1 fully saturated rings. The van der Waals surface area contributed by atoms with Crippen LogP contribution >= 0.6 is 0 Å². The molecule has 130 valence electrons. The fourth-order valence-corrected chi connectivity index (χ4v) is 2.77. The summed E-state index contributed by atoms with van der Waals surface area (Å²) in [5.41, 5.74) is 14.3. The minimum absolute atomic E-state index is 0.0388. The normalized spacial score (nSPS) is 16.2. The number of amides is 1. The van der Waals surface area contributed by atoms with E-state index in [0.717, 1.165) is 29.0 Å². The lowest BCUT2D eigenvalue weighted by Crippen LogP contribution is -2.33. The Morgan fingerprint density at radius 2 is 1.80 bits per heavy atom.